The Hall–Kier alpha value is -0.200. The minimum Gasteiger partial charge on any atom is -0.396 e. The van der Waals surface area contributed by atoms with Crippen molar-refractivity contribution in [2.24, 2.45) is 5.41 Å². The second kappa shape index (κ2) is 4.74. The zero-order valence-corrected chi connectivity index (χ0v) is 7.01. The van der Waals surface area contributed by atoms with Crippen molar-refractivity contribution in [3.63, 3.8) is 0 Å². The average molecular weight is 180 g/mol. The SMILES string of the molecule is CC(CO)(C(O)CO)C(O)CO. The molecule has 74 valence electrons. The van der Waals surface area contributed by atoms with Gasteiger partial charge in [0.15, 0.2) is 0 Å². The highest BCUT2D eigenvalue weighted by atomic mass is 16.3. The Morgan fingerprint density at radius 2 is 1.33 bits per heavy atom. The lowest BCUT2D eigenvalue weighted by Gasteiger charge is -2.35. The molecule has 2 atom stereocenters. The van der Waals surface area contributed by atoms with E-state index in [1.165, 1.54) is 6.92 Å². The lowest BCUT2D eigenvalue weighted by Crippen LogP contribution is -2.49. The van der Waals surface area contributed by atoms with E-state index in [1.807, 2.05) is 0 Å². The second-order valence-electron chi connectivity index (χ2n) is 3.06. The van der Waals surface area contributed by atoms with Crippen LogP contribution in [0.25, 0.3) is 0 Å². The van der Waals surface area contributed by atoms with Gasteiger partial charge in [-0.25, -0.2) is 0 Å². The first kappa shape index (κ1) is 11.8. The summed E-state index contributed by atoms with van der Waals surface area (Å²) in [6.07, 6.45) is -2.49. The summed E-state index contributed by atoms with van der Waals surface area (Å²) in [7, 11) is 0. The fourth-order valence-electron chi connectivity index (χ4n) is 0.850. The molecule has 0 saturated heterocycles. The molecular weight excluding hydrogens is 164 g/mol. The smallest absolute Gasteiger partial charge is 0.0871 e. The molecule has 0 heterocycles. The quantitative estimate of drug-likeness (QED) is 0.327. The molecule has 0 aromatic rings. The van der Waals surface area contributed by atoms with E-state index >= 15 is 0 Å². The molecule has 0 rings (SSSR count). The normalized spacial score (nSPS) is 21.5. The van der Waals surface area contributed by atoms with Crippen molar-refractivity contribution in [1.29, 1.82) is 0 Å². The molecular formula is C7H16O5. The van der Waals surface area contributed by atoms with E-state index in [1.54, 1.807) is 0 Å². The van der Waals surface area contributed by atoms with Crippen molar-refractivity contribution in [2.75, 3.05) is 19.8 Å². The van der Waals surface area contributed by atoms with Crippen LogP contribution in [0.4, 0.5) is 0 Å². The van der Waals surface area contributed by atoms with Crippen LogP contribution in [0.2, 0.25) is 0 Å². The predicted octanol–water partition coefficient (Wildman–Crippen LogP) is -2.31. The van der Waals surface area contributed by atoms with Gasteiger partial charge < -0.3 is 25.5 Å². The topological polar surface area (TPSA) is 101 Å². The highest BCUT2D eigenvalue weighted by molar-refractivity contribution is 4.87. The van der Waals surface area contributed by atoms with E-state index in [0.29, 0.717) is 0 Å². The van der Waals surface area contributed by atoms with Crippen molar-refractivity contribution in [3.8, 4) is 0 Å². The summed E-state index contributed by atoms with van der Waals surface area (Å²) in [5.74, 6) is 0. The number of rotatable bonds is 5. The Morgan fingerprint density at radius 3 is 1.50 bits per heavy atom. The third-order valence-electron chi connectivity index (χ3n) is 2.21. The largest absolute Gasteiger partial charge is 0.396 e. The van der Waals surface area contributed by atoms with Gasteiger partial charge in [-0.1, -0.05) is 6.92 Å². The fraction of sp³-hybridized carbons (Fsp3) is 1.00. The zero-order valence-electron chi connectivity index (χ0n) is 7.01. The van der Waals surface area contributed by atoms with Gasteiger partial charge in [0.05, 0.1) is 32.0 Å². The molecule has 5 nitrogen and oxygen atoms in total. The van der Waals surface area contributed by atoms with Crippen LogP contribution in [0.1, 0.15) is 6.92 Å². The number of hydrogen-bond donors (Lipinski definition) is 5. The van der Waals surface area contributed by atoms with Crippen LogP contribution in [0.3, 0.4) is 0 Å². The first-order valence-corrected chi connectivity index (χ1v) is 3.71. The Kier molecular flexibility index (Phi) is 4.66. The Balaban J connectivity index is 4.42. The number of hydrogen-bond acceptors (Lipinski definition) is 5. The van der Waals surface area contributed by atoms with E-state index in [4.69, 9.17) is 15.3 Å². The molecule has 5 heteroatoms. The van der Waals surface area contributed by atoms with Crippen molar-refractivity contribution < 1.29 is 25.5 Å². The molecule has 0 aliphatic carbocycles. The predicted molar refractivity (Wildman–Crippen MR) is 41.4 cm³/mol. The minimum atomic E-state index is -1.27. The summed E-state index contributed by atoms with van der Waals surface area (Å²) in [6, 6.07) is 0. The molecule has 12 heavy (non-hydrogen) atoms. The zero-order chi connectivity index (χ0) is 9.78. The van der Waals surface area contributed by atoms with E-state index in [0.717, 1.165) is 0 Å². The molecule has 0 spiro atoms. The van der Waals surface area contributed by atoms with Crippen LogP contribution in [-0.2, 0) is 0 Å². The molecule has 0 aliphatic heterocycles. The van der Waals surface area contributed by atoms with Crippen LogP contribution < -0.4 is 0 Å². The van der Waals surface area contributed by atoms with Gasteiger partial charge in [0, 0.05) is 5.41 Å². The number of aliphatic hydroxyl groups excluding tert-OH is 5. The van der Waals surface area contributed by atoms with E-state index in [2.05, 4.69) is 0 Å². The van der Waals surface area contributed by atoms with Crippen molar-refractivity contribution in [3.05, 3.63) is 0 Å². The van der Waals surface area contributed by atoms with Gasteiger partial charge in [0.25, 0.3) is 0 Å². The van der Waals surface area contributed by atoms with Gasteiger partial charge in [0.2, 0.25) is 0 Å². The second-order valence-corrected chi connectivity index (χ2v) is 3.06. The lowest BCUT2D eigenvalue weighted by molar-refractivity contribution is -0.118. The Labute approximate surface area is 70.9 Å². The molecule has 0 saturated carbocycles. The summed E-state index contributed by atoms with van der Waals surface area (Å²) >= 11 is 0. The van der Waals surface area contributed by atoms with Crippen LogP contribution >= 0.6 is 0 Å². The standard InChI is InChI=1S/C7H16O5/c1-7(4-10,5(11)2-8)6(12)3-9/h5-6,8-12H,2-4H2,1H3. The fourth-order valence-corrected chi connectivity index (χ4v) is 0.850. The van der Waals surface area contributed by atoms with Gasteiger partial charge >= 0.3 is 0 Å². The van der Waals surface area contributed by atoms with Gasteiger partial charge in [-0.05, 0) is 0 Å². The summed E-state index contributed by atoms with van der Waals surface area (Å²) in [4.78, 5) is 0. The molecule has 0 amide bonds. The van der Waals surface area contributed by atoms with E-state index < -0.39 is 37.4 Å². The molecule has 0 aromatic carbocycles. The summed E-state index contributed by atoms with van der Waals surface area (Å²) < 4.78 is 0. The van der Waals surface area contributed by atoms with Crippen LogP contribution in [-0.4, -0.2) is 57.6 Å². The molecule has 5 N–H and O–H groups in total. The van der Waals surface area contributed by atoms with Crippen LogP contribution in [0.15, 0.2) is 0 Å². The highest BCUT2D eigenvalue weighted by Gasteiger charge is 2.38. The lowest BCUT2D eigenvalue weighted by atomic mass is 9.80. The van der Waals surface area contributed by atoms with Crippen molar-refractivity contribution >= 4 is 0 Å². The molecule has 0 aliphatic rings. The van der Waals surface area contributed by atoms with Crippen LogP contribution in [0, 0.1) is 5.41 Å². The highest BCUT2D eigenvalue weighted by Crippen LogP contribution is 2.25. The third kappa shape index (κ3) is 2.15. The summed E-state index contributed by atoms with van der Waals surface area (Å²) in [5.41, 5.74) is -1.27. The van der Waals surface area contributed by atoms with Gasteiger partial charge in [0.1, 0.15) is 0 Å². The van der Waals surface area contributed by atoms with Crippen molar-refractivity contribution in [1.82, 2.24) is 0 Å². The maximum absolute atomic E-state index is 9.20. The first-order chi connectivity index (χ1) is 5.52. The third-order valence-corrected chi connectivity index (χ3v) is 2.21. The molecule has 0 radical (unpaired) electrons. The monoisotopic (exact) mass is 180 g/mol. The maximum atomic E-state index is 9.20. The van der Waals surface area contributed by atoms with Gasteiger partial charge in [-0.3, -0.25) is 0 Å². The molecule has 0 aromatic heterocycles. The molecule has 0 bridgehead atoms. The maximum Gasteiger partial charge on any atom is 0.0871 e. The molecule has 0 fully saturated rings. The number of aliphatic hydroxyl groups is 5. The average Bonchev–Trinajstić information content (AvgIpc) is 2.13. The minimum absolute atomic E-state index is 0.504. The van der Waals surface area contributed by atoms with E-state index in [9.17, 15) is 10.2 Å². The summed E-state index contributed by atoms with van der Waals surface area (Å²) in [6.45, 7) is -0.243. The first-order valence-electron chi connectivity index (χ1n) is 3.71. The molecule has 2 unspecified atom stereocenters. The summed E-state index contributed by atoms with van der Waals surface area (Å²) in [5, 5.41) is 44.4. The van der Waals surface area contributed by atoms with Gasteiger partial charge in [-0.2, -0.15) is 0 Å². The van der Waals surface area contributed by atoms with E-state index in [-0.39, 0.29) is 0 Å². The van der Waals surface area contributed by atoms with Gasteiger partial charge in [-0.15, -0.1) is 0 Å². The van der Waals surface area contributed by atoms with Crippen molar-refractivity contribution in [2.45, 2.75) is 19.1 Å². The van der Waals surface area contributed by atoms with Crippen LogP contribution in [0.5, 0.6) is 0 Å². The Bertz CT molecular complexity index is 117. The Morgan fingerprint density at radius 1 is 1.00 bits per heavy atom.